The molecule has 1 aliphatic carbocycles. The van der Waals surface area contributed by atoms with E-state index in [0.29, 0.717) is 51.9 Å². The molecule has 1 saturated carbocycles. The van der Waals surface area contributed by atoms with Gasteiger partial charge in [-0.05, 0) is 49.1 Å². The predicted octanol–water partition coefficient (Wildman–Crippen LogP) is 5.58. The highest BCUT2D eigenvalue weighted by Crippen LogP contribution is 2.34. The maximum absolute atomic E-state index is 12.8. The van der Waals surface area contributed by atoms with Crippen LogP contribution in [0.4, 0.5) is 17.3 Å². The van der Waals surface area contributed by atoms with Gasteiger partial charge in [-0.2, -0.15) is 5.26 Å². The van der Waals surface area contributed by atoms with Crippen molar-refractivity contribution in [3.8, 4) is 17.6 Å². The minimum absolute atomic E-state index is 0.360. The molecule has 0 spiro atoms. The number of methoxy groups -OCH3 is 1. The van der Waals surface area contributed by atoms with Crippen molar-refractivity contribution in [2.45, 2.75) is 19.3 Å². The minimum Gasteiger partial charge on any atom is -0.493 e. The van der Waals surface area contributed by atoms with Crippen LogP contribution in [0.1, 0.15) is 30.4 Å². The Morgan fingerprint density at radius 2 is 2.11 bits per heavy atom. The van der Waals surface area contributed by atoms with Gasteiger partial charge in [0.15, 0.2) is 17.3 Å². The monoisotopic (exact) mass is 489 g/mol. The summed E-state index contributed by atoms with van der Waals surface area (Å²) < 4.78 is 11.5. The van der Waals surface area contributed by atoms with Gasteiger partial charge in [-0.15, -0.1) is 0 Å². The van der Waals surface area contributed by atoms with Gasteiger partial charge >= 0.3 is 0 Å². The first-order valence-corrected chi connectivity index (χ1v) is 11.5. The summed E-state index contributed by atoms with van der Waals surface area (Å²) in [5, 5.41) is 15.1. The lowest BCUT2D eigenvalue weighted by atomic mass is 9.86. The molecule has 0 saturated heterocycles. The number of amides is 1. The second-order valence-electron chi connectivity index (χ2n) is 8.03. The smallest absolute Gasteiger partial charge is 0.248 e. The third-order valence-corrected chi connectivity index (χ3v) is 5.79. The fourth-order valence-corrected chi connectivity index (χ4v) is 3.63. The summed E-state index contributed by atoms with van der Waals surface area (Å²) in [5.74, 6) is 2.25. The van der Waals surface area contributed by atoms with Crippen LogP contribution in [0.25, 0.3) is 6.08 Å². The number of pyridine rings is 2. The van der Waals surface area contributed by atoms with Gasteiger partial charge in [0.05, 0.1) is 30.0 Å². The zero-order valence-electron chi connectivity index (χ0n) is 19.1. The molecular weight excluding hydrogens is 466 g/mol. The van der Waals surface area contributed by atoms with E-state index in [2.05, 4.69) is 20.6 Å². The summed E-state index contributed by atoms with van der Waals surface area (Å²) in [6.45, 7) is 0.625. The fourth-order valence-electron chi connectivity index (χ4n) is 3.47. The minimum atomic E-state index is -0.377. The van der Waals surface area contributed by atoms with Crippen molar-refractivity contribution in [3.63, 3.8) is 0 Å². The summed E-state index contributed by atoms with van der Waals surface area (Å²) in [7, 11) is 1.59. The van der Waals surface area contributed by atoms with Crippen molar-refractivity contribution in [1.29, 1.82) is 5.26 Å². The van der Waals surface area contributed by atoms with E-state index in [1.54, 1.807) is 31.4 Å². The molecule has 4 rings (SSSR count). The molecule has 178 valence electrons. The van der Waals surface area contributed by atoms with E-state index < -0.39 is 0 Å². The number of nitrogens with zero attached hydrogens (tertiary/aromatic N) is 3. The van der Waals surface area contributed by atoms with E-state index in [1.807, 2.05) is 24.3 Å². The third-order valence-electron chi connectivity index (χ3n) is 5.58. The number of carbonyl (C=O) groups is 1. The van der Waals surface area contributed by atoms with Crippen LogP contribution in [0, 0.1) is 17.2 Å². The normalized spacial score (nSPS) is 13.1. The second kappa shape index (κ2) is 11.4. The van der Waals surface area contributed by atoms with Crippen LogP contribution in [0.3, 0.4) is 0 Å². The zero-order chi connectivity index (χ0) is 24.6. The number of ether oxygens (including phenoxy) is 2. The van der Waals surface area contributed by atoms with Crippen molar-refractivity contribution < 1.29 is 14.3 Å². The van der Waals surface area contributed by atoms with Gasteiger partial charge < -0.3 is 20.1 Å². The number of benzene rings is 1. The molecule has 8 nitrogen and oxygen atoms in total. The number of nitrogens with one attached hydrogen (secondary N) is 2. The molecule has 1 aromatic carbocycles. The number of carbonyl (C=O) groups excluding carboxylic acids is 1. The highest BCUT2D eigenvalue weighted by atomic mass is 35.5. The number of hydrogen-bond donors (Lipinski definition) is 2. The Bertz CT molecular complexity index is 1270. The average Bonchev–Trinajstić information content (AvgIpc) is 2.84. The Hall–Kier alpha value is -4.09. The fraction of sp³-hybridized carbons (Fsp3) is 0.231. The molecule has 2 N–H and O–H groups in total. The topological polar surface area (TPSA) is 109 Å². The van der Waals surface area contributed by atoms with E-state index in [1.165, 1.54) is 37.7 Å². The van der Waals surface area contributed by atoms with Gasteiger partial charge in [-0.3, -0.25) is 4.79 Å². The number of rotatable bonds is 9. The van der Waals surface area contributed by atoms with Crippen LogP contribution in [-0.2, 0) is 4.79 Å². The van der Waals surface area contributed by atoms with Gasteiger partial charge in [-0.1, -0.05) is 30.2 Å². The van der Waals surface area contributed by atoms with E-state index >= 15 is 0 Å². The molecule has 35 heavy (non-hydrogen) atoms. The molecule has 0 unspecified atom stereocenters. The lowest BCUT2D eigenvalue weighted by molar-refractivity contribution is -0.111. The van der Waals surface area contributed by atoms with E-state index in [9.17, 15) is 4.79 Å². The lowest BCUT2D eigenvalue weighted by Crippen LogP contribution is -2.19. The number of nitriles is 1. The molecule has 3 aromatic rings. The Kier molecular flexibility index (Phi) is 7.81. The SMILES string of the molecule is COc1cccc(/C=C/C(=O)Nc2cc(Cl)cnc2Nc2ccc(C#N)cn2)c1OCC1CCC1. The molecular formula is C26H24ClN5O3. The molecule has 1 amide bonds. The van der Waals surface area contributed by atoms with E-state index in [-0.39, 0.29) is 5.91 Å². The summed E-state index contributed by atoms with van der Waals surface area (Å²) >= 11 is 6.11. The number of hydrogen-bond acceptors (Lipinski definition) is 7. The van der Waals surface area contributed by atoms with Crippen LogP contribution in [0.5, 0.6) is 11.5 Å². The molecule has 0 aliphatic heterocycles. The second-order valence-corrected chi connectivity index (χ2v) is 8.46. The van der Waals surface area contributed by atoms with Crippen molar-refractivity contribution in [2.24, 2.45) is 5.92 Å². The first-order valence-electron chi connectivity index (χ1n) is 11.1. The first kappa shape index (κ1) is 24.0. The molecule has 0 bridgehead atoms. The largest absolute Gasteiger partial charge is 0.493 e. The number of para-hydroxylation sites is 1. The highest BCUT2D eigenvalue weighted by molar-refractivity contribution is 6.31. The van der Waals surface area contributed by atoms with E-state index in [4.69, 9.17) is 26.3 Å². The van der Waals surface area contributed by atoms with Crippen molar-refractivity contribution >= 4 is 40.9 Å². The van der Waals surface area contributed by atoms with E-state index in [0.717, 1.165) is 5.56 Å². The lowest BCUT2D eigenvalue weighted by Gasteiger charge is -2.26. The Morgan fingerprint density at radius 1 is 1.26 bits per heavy atom. The summed E-state index contributed by atoms with van der Waals surface area (Å²) in [6, 6.07) is 12.4. The maximum Gasteiger partial charge on any atom is 0.248 e. The molecule has 1 aliphatic rings. The van der Waals surface area contributed by atoms with Crippen LogP contribution in [0.15, 0.2) is 54.9 Å². The molecule has 1 fully saturated rings. The zero-order valence-corrected chi connectivity index (χ0v) is 19.9. The van der Waals surface area contributed by atoms with Crippen molar-refractivity contribution in [3.05, 3.63) is 71.0 Å². The van der Waals surface area contributed by atoms with Crippen molar-refractivity contribution in [2.75, 3.05) is 24.4 Å². The van der Waals surface area contributed by atoms with Gasteiger partial charge in [0.1, 0.15) is 11.9 Å². The highest BCUT2D eigenvalue weighted by Gasteiger charge is 2.19. The van der Waals surface area contributed by atoms with Crippen LogP contribution in [-0.4, -0.2) is 29.6 Å². The summed E-state index contributed by atoms with van der Waals surface area (Å²) in [4.78, 5) is 21.2. The standard InChI is InChI=1S/C26H24ClN5O3/c1-34-22-7-3-6-19(25(22)35-16-17-4-2-5-17)9-11-24(33)31-21-12-20(27)15-30-26(21)32-23-10-8-18(13-28)14-29-23/h3,6-12,14-15,17H,2,4-5,16H2,1H3,(H,31,33)(H,29,30,32)/b11-9+. The number of halogens is 1. The Labute approximate surface area is 208 Å². The number of anilines is 3. The maximum atomic E-state index is 12.8. The quantitative estimate of drug-likeness (QED) is 0.377. The molecule has 2 heterocycles. The first-order chi connectivity index (χ1) is 17.1. The summed E-state index contributed by atoms with van der Waals surface area (Å²) in [5.41, 5.74) is 1.56. The van der Waals surface area contributed by atoms with Crippen molar-refractivity contribution in [1.82, 2.24) is 9.97 Å². The van der Waals surface area contributed by atoms with Crippen LogP contribution in [0.2, 0.25) is 5.02 Å². The van der Waals surface area contributed by atoms with Gasteiger partial charge in [0, 0.05) is 24.0 Å². The molecule has 0 radical (unpaired) electrons. The molecule has 9 heteroatoms. The molecule has 2 aromatic heterocycles. The Balaban J connectivity index is 1.49. The van der Waals surface area contributed by atoms with Crippen LogP contribution >= 0.6 is 11.6 Å². The predicted molar refractivity (Wildman–Crippen MR) is 135 cm³/mol. The summed E-state index contributed by atoms with van der Waals surface area (Å²) in [6.07, 6.45) is 9.58. The molecule has 0 atom stereocenters. The Morgan fingerprint density at radius 3 is 2.80 bits per heavy atom. The van der Waals surface area contributed by atoms with Gasteiger partial charge in [-0.25, -0.2) is 9.97 Å². The van der Waals surface area contributed by atoms with Gasteiger partial charge in [0.2, 0.25) is 5.91 Å². The van der Waals surface area contributed by atoms with Crippen LogP contribution < -0.4 is 20.1 Å². The third kappa shape index (κ3) is 6.28. The average molecular weight is 490 g/mol. The van der Waals surface area contributed by atoms with Gasteiger partial charge in [0.25, 0.3) is 0 Å². The number of aromatic nitrogens is 2.